The fourth-order valence-corrected chi connectivity index (χ4v) is 2.20. The Morgan fingerprint density at radius 3 is 2.39 bits per heavy atom. The van der Waals surface area contributed by atoms with E-state index in [9.17, 15) is 4.79 Å². The summed E-state index contributed by atoms with van der Waals surface area (Å²) in [5.41, 5.74) is 1.80. The lowest BCUT2D eigenvalue weighted by Gasteiger charge is -2.11. The van der Waals surface area contributed by atoms with E-state index >= 15 is 0 Å². The first-order valence-corrected chi connectivity index (χ1v) is 7.86. The maximum Gasteiger partial charge on any atom is 0.253 e. The number of halogens is 1. The molecule has 1 aliphatic rings. The molecule has 0 aliphatic heterocycles. The second-order valence-corrected chi connectivity index (χ2v) is 6.06. The molecule has 5 nitrogen and oxygen atoms in total. The molecule has 0 spiro atoms. The molecule has 23 heavy (non-hydrogen) atoms. The van der Waals surface area contributed by atoms with Crippen molar-refractivity contribution in [2.24, 2.45) is 10.9 Å². The molecule has 2 N–H and O–H groups in total. The van der Waals surface area contributed by atoms with Gasteiger partial charge in [-0.1, -0.05) is 19.1 Å². The highest BCUT2D eigenvalue weighted by Crippen LogP contribution is 2.28. The van der Waals surface area contributed by atoms with E-state index in [2.05, 4.69) is 29.5 Å². The first kappa shape index (κ1) is 19.7. The fourth-order valence-electron chi connectivity index (χ4n) is 2.20. The molecule has 128 valence electrons. The Kier molecular flexibility index (Phi) is 7.81. The highest BCUT2D eigenvalue weighted by Gasteiger charge is 2.33. The smallest absolute Gasteiger partial charge is 0.253 e. The van der Waals surface area contributed by atoms with Crippen molar-refractivity contribution in [3.8, 4) is 0 Å². The molecule has 1 amide bonds. The summed E-state index contributed by atoms with van der Waals surface area (Å²) < 4.78 is 0. The number of hydrogen-bond acceptors (Lipinski definition) is 2. The quantitative estimate of drug-likeness (QED) is 0.429. The van der Waals surface area contributed by atoms with Gasteiger partial charge >= 0.3 is 0 Å². The predicted octanol–water partition coefficient (Wildman–Crippen LogP) is 2.47. The minimum atomic E-state index is 0. The lowest BCUT2D eigenvalue weighted by Crippen LogP contribution is -2.39. The van der Waals surface area contributed by atoms with E-state index in [0.717, 1.165) is 24.0 Å². The normalized spacial score (nSPS) is 19.6. The number of carbonyl (C=O) groups is 1. The van der Waals surface area contributed by atoms with Crippen LogP contribution in [0.1, 0.15) is 36.2 Å². The fraction of sp³-hybridized carbons (Fsp3) is 0.529. The van der Waals surface area contributed by atoms with Gasteiger partial charge in [0.1, 0.15) is 0 Å². The van der Waals surface area contributed by atoms with Crippen molar-refractivity contribution in [3.05, 3.63) is 35.4 Å². The molecule has 1 fully saturated rings. The first-order chi connectivity index (χ1) is 10.5. The van der Waals surface area contributed by atoms with Crippen LogP contribution in [0, 0.1) is 5.92 Å². The predicted molar refractivity (Wildman–Crippen MR) is 105 cm³/mol. The standard InChI is InChI=1S/C17H26N4O.HI/c1-5-18-17(20-15-10-12(15)2)19-11-13-6-8-14(9-7-13)16(22)21(3)4;/h6-9,12,15H,5,10-11H2,1-4H3,(H2,18,19,20);1H. The van der Waals surface area contributed by atoms with Crippen molar-refractivity contribution in [1.82, 2.24) is 15.5 Å². The topological polar surface area (TPSA) is 56.7 Å². The molecule has 0 saturated heterocycles. The van der Waals surface area contributed by atoms with Crippen LogP contribution in [0.5, 0.6) is 0 Å². The van der Waals surface area contributed by atoms with Crippen molar-refractivity contribution < 1.29 is 4.79 Å². The van der Waals surface area contributed by atoms with Crippen molar-refractivity contribution >= 4 is 35.8 Å². The van der Waals surface area contributed by atoms with E-state index < -0.39 is 0 Å². The van der Waals surface area contributed by atoms with E-state index in [-0.39, 0.29) is 29.9 Å². The van der Waals surface area contributed by atoms with Gasteiger partial charge in [0.25, 0.3) is 5.91 Å². The highest BCUT2D eigenvalue weighted by atomic mass is 127. The Labute approximate surface area is 156 Å². The Balaban J connectivity index is 0.00000264. The summed E-state index contributed by atoms with van der Waals surface area (Å²) in [6.45, 7) is 5.76. The molecule has 2 atom stereocenters. The largest absolute Gasteiger partial charge is 0.357 e. The summed E-state index contributed by atoms with van der Waals surface area (Å²) in [5, 5.41) is 6.70. The summed E-state index contributed by atoms with van der Waals surface area (Å²) in [7, 11) is 3.52. The molecule has 0 bridgehead atoms. The van der Waals surface area contributed by atoms with E-state index in [1.807, 2.05) is 24.3 Å². The van der Waals surface area contributed by atoms with Crippen LogP contribution in [0.4, 0.5) is 0 Å². The number of rotatable bonds is 5. The van der Waals surface area contributed by atoms with Gasteiger partial charge < -0.3 is 15.5 Å². The van der Waals surface area contributed by atoms with Crippen molar-refractivity contribution in [1.29, 1.82) is 0 Å². The molecule has 0 radical (unpaired) electrons. The molecule has 1 saturated carbocycles. The number of benzene rings is 1. The zero-order valence-corrected chi connectivity index (χ0v) is 16.6. The van der Waals surface area contributed by atoms with E-state index in [0.29, 0.717) is 18.2 Å². The van der Waals surface area contributed by atoms with E-state index in [1.54, 1.807) is 19.0 Å². The third-order valence-corrected chi connectivity index (χ3v) is 3.80. The van der Waals surface area contributed by atoms with Crippen LogP contribution < -0.4 is 10.6 Å². The lowest BCUT2D eigenvalue weighted by atomic mass is 10.1. The second kappa shape index (κ2) is 9.10. The Bertz CT molecular complexity index is 542. The highest BCUT2D eigenvalue weighted by molar-refractivity contribution is 14.0. The van der Waals surface area contributed by atoms with Crippen LogP contribution in [0.2, 0.25) is 0 Å². The van der Waals surface area contributed by atoms with Gasteiger partial charge in [0.2, 0.25) is 0 Å². The molecule has 6 heteroatoms. The second-order valence-electron chi connectivity index (χ2n) is 6.06. The summed E-state index contributed by atoms with van der Waals surface area (Å²) >= 11 is 0. The summed E-state index contributed by atoms with van der Waals surface area (Å²) in [4.78, 5) is 18.0. The van der Waals surface area contributed by atoms with E-state index in [4.69, 9.17) is 0 Å². The monoisotopic (exact) mass is 430 g/mol. The van der Waals surface area contributed by atoms with Gasteiger partial charge in [0.05, 0.1) is 6.54 Å². The molecule has 2 rings (SSSR count). The van der Waals surface area contributed by atoms with Crippen LogP contribution in [0.15, 0.2) is 29.3 Å². The number of amides is 1. The number of guanidine groups is 1. The van der Waals surface area contributed by atoms with Crippen molar-refractivity contribution in [2.45, 2.75) is 32.9 Å². The zero-order chi connectivity index (χ0) is 16.1. The minimum absolute atomic E-state index is 0. The van der Waals surface area contributed by atoms with Gasteiger partial charge in [0, 0.05) is 32.2 Å². The molecule has 1 aliphatic carbocycles. The summed E-state index contributed by atoms with van der Waals surface area (Å²) in [6, 6.07) is 8.19. The van der Waals surface area contributed by atoms with Crippen LogP contribution in [0.25, 0.3) is 0 Å². The maximum absolute atomic E-state index is 11.8. The molecular weight excluding hydrogens is 403 g/mol. The summed E-state index contributed by atoms with van der Waals surface area (Å²) in [6.07, 6.45) is 1.21. The molecule has 0 heterocycles. The first-order valence-electron chi connectivity index (χ1n) is 7.86. The molecule has 0 aromatic heterocycles. The average Bonchev–Trinajstić information content (AvgIpc) is 3.20. The van der Waals surface area contributed by atoms with Gasteiger partial charge in [0.15, 0.2) is 5.96 Å². The number of aliphatic imine (C=N–C) groups is 1. The van der Waals surface area contributed by atoms with Gasteiger partial charge in [-0.3, -0.25) is 4.79 Å². The Morgan fingerprint density at radius 1 is 1.30 bits per heavy atom. The number of nitrogens with one attached hydrogen (secondary N) is 2. The van der Waals surface area contributed by atoms with Crippen LogP contribution in [0.3, 0.4) is 0 Å². The third-order valence-electron chi connectivity index (χ3n) is 3.80. The van der Waals surface area contributed by atoms with Gasteiger partial charge in [-0.15, -0.1) is 24.0 Å². The van der Waals surface area contributed by atoms with Crippen molar-refractivity contribution in [2.75, 3.05) is 20.6 Å². The van der Waals surface area contributed by atoms with Crippen LogP contribution in [-0.4, -0.2) is 43.4 Å². The lowest BCUT2D eigenvalue weighted by molar-refractivity contribution is 0.0827. The zero-order valence-electron chi connectivity index (χ0n) is 14.3. The molecule has 1 aromatic rings. The Hall–Kier alpha value is -1.31. The summed E-state index contributed by atoms with van der Waals surface area (Å²) in [5.74, 6) is 1.62. The Morgan fingerprint density at radius 2 is 1.91 bits per heavy atom. The average molecular weight is 430 g/mol. The molecule has 1 aromatic carbocycles. The van der Waals surface area contributed by atoms with Crippen molar-refractivity contribution in [3.63, 3.8) is 0 Å². The van der Waals surface area contributed by atoms with Gasteiger partial charge in [-0.2, -0.15) is 0 Å². The molecule has 2 unspecified atom stereocenters. The molecular formula is C17H27IN4O. The van der Waals surface area contributed by atoms with E-state index in [1.165, 1.54) is 6.42 Å². The van der Waals surface area contributed by atoms with Crippen LogP contribution >= 0.6 is 24.0 Å². The van der Waals surface area contributed by atoms with Gasteiger partial charge in [-0.25, -0.2) is 4.99 Å². The third kappa shape index (κ3) is 6.01. The SMILES string of the molecule is CCNC(=NCc1ccc(C(=O)N(C)C)cc1)NC1CC1C.I. The van der Waals surface area contributed by atoms with Gasteiger partial charge in [-0.05, 0) is 37.0 Å². The number of hydrogen-bond donors (Lipinski definition) is 2. The maximum atomic E-state index is 11.8. The number of nitrogens with zero attached hydrogens (tertiary/aromatic N) is 2. The number of carbonyl (C=O) groups excluding carboxylic acids is 1. The minimum Gasteiger partial charge on any atom is -0.357 e. The van der Waals surface area contributed by atoms with Crippen LogP contribution in [-0.2, 0) is 6.54 Å².